The maximum absolute atomic E-state index is 13.0. The number of hydrogen-bond acceptors (Lipinski definition) is 2. The van der Waals surface area contributed by atoms with Crippen LogP contribution in [0, 0.1) is 5.92 Å². The molecule has 0 aromatic heterocycles. The first-order chi connectivity index (χ1) is 14.1. The summed E-state index contributed by atoms with van der Waals surface area (Å²) >= 11 is 3.41. The molecule has 5 heteroatoms. The molecule has 4 nitrogen and oxygen atoms in total. The van der Waals surface area contributed by atoms with E-state index in [0.717, 1.165) is 35.8 Å². The largest absolute Gasteiger partial charge is 0.339 e. The Kier molecular flexibility index (Phi) is 6.14. The Labute approximate surface area is 180 Å². The van der Waals surface area contributed by atoms with Gasteiger partial charge in [0.15, 0.2) is 0 Å². The molecule has 0 unspecified atom stereocenters. The molecule has 4 rings (SSSR count). The Morgan fingerprint density at radius 1 is 0.897 bits per heavy atom. The van der Waals surface area contributed by atoms with Gasteiger partial charge in [0.05, 0.1) is 0 Å². The zero-order chi connectivity index (χ0) is 20.2. The van der Waals surface area contributed by atoms with Crippen molar-refractivity contribution in [2.24, 2.45) is 5.92 Å². The highest BCUT2D eigenvalue weighted by Gasteiger charge is 2.31. The first kappa shape index (κ1) is 19.9. The Morgan fingerprint density at radius 3 is 2.31 bits per heavy atom. The third-order valence-corrected chi connectivity index (χ3v) is 6.42. The summed E-state index contributed by atoms with van der Waals surface area (Å²) in [6.07, 6.45) is 5.90. The Bertz CT molecular complexity index is 915. The van der Waals surface area contributed by atoms with E-state index in [-0.39, 0.29) is 17.7 Å². The van der Waals surface area contributed by atoms with Crippen LogP contribution in [-0.2, 0) is 22.6 Å². The van der Waals surface area contributed by atoms with Crippen LogP contribution >= 0.6 is 15.9 Å². The van der Waals surface area contributed by atoms with Crippen LogP contribution in [0.3, 0.4) is 0 Å². The van der Waals surface area contributed by atoms with Crippen molar-refractivity contribution in [3.63, 3.8) is 0 Å². The molecule has 2 aliphatic heterocycles. The van der Waals surface area contributed by atoms with Gasteiger partial charge in [0.2, 0.25) is 11.8 Å². The molecule has 150 valence electrons. The minimum atomic E-state index is 0.0192. The van der Waals surface area contributed by atoms with Crippen molar-refractivity contribution in [2.45, 2.75) is 25.8 Å². The zero-order valence-electron chi connectivity index (χ0n) is 16.4. The van der Waals surface area contributed by atoms with Gasteiger partial charge in [-0.1, -0.05) is 52.3 Å². The van der Waals surface area contributed by atoms with Gasteiger partial charge in [-0.25, -0.2) is 0 Å². The van der Waals surface area contributed by atoms with E-state index in [2.05, 4.69) is 34.1 Å². The lowest BCUT2D eigenvalue weighted by molar-refractivity contribution is -0.140. The first-order valence-corrected chi connectivity index (χ1v) is 11.0. The van der Waals surface area contributed by atoms with E-state index in [1.165, 1.54) is 11.1 Å². The standard InChI is InChI=1S/C24H25BrN2O2/c25-22-8-5-18(6-9-22)7-10-23(28)26-14-12-20(13-15-26)24(29)27-16-11-19-3-1-2-4-21(19)17-27/h1-10,20H,11-17H2. The van der Waals surface area contributed by atoms with Crippen LogP contribution in [0.1, 0.15) is 29.5 Å². The number of piperidine rings is 1. The molecule has 2 aromatic carbocycles. The minimum Gasteiger partial charge on any atom is -0.339 e. The molecular weight excluding hydrogens is 428 g/mol. The van der Waals surface area contributed by atoms with Gasteiger partial charge < -0.3 is 9.80 Å². The number of likely N-dealkylation sites (tertiary alicyclic amines) is 1. The van der Waals surface area contributed by atoms with E-state index in [4.69, 9.17) is 0 Å². The normalized spacial score (nSPS) is 17.4. The predicted octanol–water partition coefficient (Wildman–Crippen LogP) is 4.29. The van der Waals surface area contributed by atoms with Crippen molar-refractivity contribution in [1.29, 1.82) is 0 Å². The summed E-state index contributed by atoms with van der Waals surface area (Å²) in [6, 6.07) is 16.2. The Morgan fingerprint density at radius 2 is 1.59 bits per heavy atom. The van der Waals surface area contributed by atoms with Gasteiger partial charge in [0, 0.05) is 42.6 Å². The molecule has 0 bridgehead atoms. The molecule has 0 atom stereocenters. The van der Waals surface area contributed by atoms with Crippen molar-refractivity contribution in [3.8, 4) is 0 Å². The van der Waals surface area contributed by atoms with Crippen molar-refractivity contribution in [3.05, 3.63) is 75.8 Å². The topological polar surface area (TPSA) is 40.6 Å². The van der Waals surface area contributed by atoms with E-state index in [9.17, 15) is 9.59 Å². The molecule has 2 aliphatic rings. The molecule has 1 saturated heterocycles. The number of halogens is 1. The maximum atomic E-state index is 13.0. The Balaban J connectivity index is 1.29. The van der Waals surface area contributed by atoms with Crippen LogP contribution < -0.4 is 0 Å². The number of rotatable bonds is 3. The van der Waals surface area contributed by atoms with Gasteiger partial charge in [0.1, 0.15) is 0 Å². The van der Waals surface area contributed by atoms with E-state index < -0.39 is 0 Å². The molecule has 2 heterocycles. The molecule has 0 aliphatic carbocycles. The van der Waals surface area contributed by atoms with Crippen molar-refractivity contribution in [1.82, 2.24) is 9.80 Å². The van der Waals surface area contributed by atoms with Crippen molar-refractivity contribution in [2.75, 3.05) is 19.6 Å². The highest BCUT2D eigenvalue weighted by atomic mass is 79.9. The second kappa shape index (κ2) is 8.95. The summed E-state index contributed by atoms with van der Waals surface area (Å²) in [5, 5.41) is 0. The molecule has 2 amide bonds. The van der Waals surface area contributed by atoms with Crippen LogP contribution in [0.4, 0.5) is 0 Å². The number of carbonyl (C=O) groups is 2. The molecule has 0 radical (unpaired) electrons. The molecule has 2 aromatic rings. The third-order valence-electron chi connectivity index (χ3n) is 5.89. The second-order valence-electron chi connectivity index (χ2n) is 7.76. The summed E-state index contributed by atoms with van der Waals surface area (Å²) < 4.78 is 1.02. The van der Waals surface area contributed by atoms with Gasteiger partial charge in [0.25, 0.3) is 0 Å². The average molecular weight is 453 g/mol. The molecule has 29 heavy (non-hydrogen) atoms. The van der Waals surface area contributed by atoms with Crippen LogP contribution in [0.2, 0.25) is 0 Å². The first-order valence-electron chi connectivity index (χ1n) is 10.2. The molecule has 1 fully saturated rings. The number of benzene rings is 2. The summed E-state index contributed by atoms with van der Waals surface area (Å²) in [5.41, 5.74) is 3.62. The fourth-order valence-electron chi connectivity index (χ4n) is 4.14. The Hall–Kier alpha value is -2.40. The lowest BCUT2D eigenvalue weighted by Crippen LogP contribution is -2.45. The van der Waals surface area contributed by atoms with Gasteiger partial charge >= 0.3 is 0 Å². The molecule has 0 N–H and O–H groups in total. The zero-order valence-corrected chi connectivity index (χ0v) is 18.0. The lowest BCUT2D eigenvalue weighted by Gasteiger charge is -2.35. The van der Waals surface area contributed by atoms with Gasteiger partial charge in [-0.2, -0.15) is 0 Å². The van der Waals surface area contributed by atoms with Gasteiger partial charge in [-0.05, 0) is 54.2 Å². The van der Waals surface area contributed by atoms with Crippen LogP contribution in [0.5, 0.6) is 0 Å². The molecule has 0 spiro atoms. The number of hydrogen-bond donors (Lipinski definition) is 0. The number of carbonyl (C=O) groups excluding carboxylic acids is 2. The average Bonchev–Trinajstić information content (AvgIpc) is 2.78. The fourth-order valence-corrected chi connectivity index (χ4v) is 4.40. The monoisotopic (exact) mass is 452 g/mol. The summed E-state index contributed by atoms with van der Waals surface area (Å²) in [6.45, 7) is 2.80. The third kappa shape index (κ3) is 4.78. The predicted molar refractivity (Wildman–Crippen MR) is 118 cm³/mol. The maximum Gasteiger partial charge on any atom is 0.246 e. The van der Waals surface area contributed by atoms with Crippen LogP contribution in [0.15, 0.2) is 59.1 Å². The number of fused-ring (bicyclic) bond motifs is 1. The van der Waals surface area contributed by atoms with E-state index >= 15 is 0 Å². The van der Waals surface area contributed by atoms with Crippen LogP contribution in [0.25, 0.3) is 6.08 Å². The lowest BCUT2D eigenvalue weighted by atomic mass is 9.93. The fraction of sp³-hybridized carbons (Fsp3) is 0.333. The number of nitrogens with zero attached hydrogens (tertiary/aromatic N) is 2. The van der Waals surface area contributed by atoms with E-state index in [1.807, 2.05) is 46.2 Å². The summed E-state index contributed by atoms with van der Waals surface area (Å²) in [5.74, 6) is 0.294. The SMILES string of the molecule is O=C(C=Cc1ccc(Br)cc1)N1CCC(C(=O)N2CCc3ccccc3C2)CC1. The second-order valence-corrected chi connectivity index (χ2v) is 8.68. The summed E-state index contributed by atoms with van der Waals surface area (Å²) in [7, 11) is 0. The van der Waals surface area contributed by atoms with E-state index in [0.29, 0.717) is 19.6 Å². The highest BCUT2D eigenvalue weighted by Crippen LogP contribution is 2.25. The molecular formula is C24H25BrN2O2. The van der Waals surface area contributed by atoms with Crippen molar-refractivity contribution >= 4 is 33.8 Å². The number of amides is 2. The van der Waals surface area contributed by atoms with Gasteiger partial charge in [-0.3, -0.25) is 9.59 Å². The highest BCUT2D eigenvalue weighted by molar-refractivity contribution is 9.10. The van der Waals surface area contributed by atoms with Gasteiger partial charge in [-0.15, -0.1) is 0 Å². The quantitative estimate of drug-likeness (QED) is 0.651. The smallest absolute Gasteiger partial charge is 0.246 e. The van der Waals surface area contributed by atoms with Crippen molar-refractivity contribution < 1.29 is 9.59 Å². The molecule has 0 saturated carbocycles. The van der Waals surface area contributed by atoms with Crippen LogP contribution in [-0.4, -0.2) is 41.2 Å². The minimum absolute atomic E-state index is 0.0192. The summed E-state index contributed by atoms with van der Waals surface area (Å²) in [4.78, 5) is 29.3. The van der Waals surface area contributed by atoms with E-state index in [1.54, 1.807) is 6.08 Å².